The Morgan fingerprint density at radius 2 is 1.91 bits per heavy atom. The molecule has 116 valence electrons. The van der Waals surface area contributed by atoms with Crippen molar-refractivity contribution in [3.8, 4) is 0 Å². The number of aromatic nitrogens is 3. The van der Waals surface area contributed by atoms with E-state index in [1.165, 1.54) is 0 Å². The number of carbonyl (C=O) groups excluding carboxylic acids is 1. The number of hydrogen-bond donors (Lipinski definition) is 1. The first kappa shape index (κ1) is 15.2. The van der Waals surface area contributed by atoms with E-state index in [2.05, 4.69) is 15.2 Å². The van der Waals surface area contributed by atoms with Gasteiger partial charge in [0.05, 0.1) is 6.04 Å². The third-order valence-electron chi connectivity index (χ3n) is 3.62. The summed E-state index contributed by atoms with van der Waals surface area (Å²) >= 11 is 5.98. The number of amides is 1. The van der Waals surface area contributed by atoms with Crippen LogP contribution in [0.2, 0.25) is 5.02 Å². The minimum Gasteiger partial charge on any atom is -0.329 e. The molecular weight excluding hydrogens is 312 g/mol. The number of benzene rings is 1. The first-order valence-electron chi connectivity index (χ1n) is 7.09. The molecule has 0 saturated carbocycles. The molecule has 0 aliphatic carbocycles. The highest BCUT2D eigenvalue weighted by Gasteiger charge is 2.25. The van der Waals surface area contributed by atoms with Crippen LogP contribution in [-0.4, -0.2) is 33.0 Å². The smallest absolute Gasteiger partial charge is 0.272 e. The van der Waals surface area contributed by atoms with Gasteiger partial charge in [-0.25, -0.2) is 0 Å². The van der Waals surface area contributed by atoms with Gasteiger partial charge in [0.2, 0.25) is 0 Å². The molecule has 2 aromatic heterocycles. The maximum absolute atomic E-state index is 12.7. The number of aromatic amines is 1. The number of hydrogen-bond acceptors (Lipinski definition) is 3. The lowest BCUT2D eigenvalue weighted by Crippen LogP contribution is -2.32. The number of nitrogens with one attached hydrogen (secondary N) is 1. The van der Waals surface area contributed by atoms with E-state index in [4.69, 9.17) is 11.6 Å². The second kappa shape index (κ2) is 6.62. The van der Waals surface area contributed by atoms with Gasteiger partial charge in [0, 0.05) is 30.7 Å². The lowest BCUT2D eigenvalue weighted by molar-refractivity contribution is 0.0749. The molecule has 6 heteroatoms. The van der Waals surface area contributed by atoms with Gasteiger partial charge in [-0.1, -0.05) is 29.8 Å². The highest BCUT2D eigenvalue weighted by Crippen LogP contribution is 2.29. The van der Waals surface area contributed by atoms with Crippen LogP contribution in [0.4, 0.5) is 0 Å². The van der Waals surface area contributed by atoms with Crippen molar-refractivity contribution >= 4 is 17.5 Å². The van der Waals surface area contributed by atoms with E-state index >= 15 is 0 Å². The Morgan fingerprint density at radius 3 is 2.52 bits per heavy atom. The summed E-state index contributed by atoms with van der Waals surface area (Å²) in [6, 6.07) is 12.6. The van der Waals surface area contributed by atoms with E-state index < -0.39 is 0 Å². The largest absolute Gasteiger partial charge is 0.329 e. The molecule has 0 fully saturated rings. The van der Waals surface area contributed by atoms with Crippen molar-refractivity contribution in [2.24, 2.45) is 0 Å². The summed E-state index contributed by atoms with van der Waals surface area (Å²) in [7, 11) is 1.76. The van der Waals surface area contributed by atoms with Crippen LogP contribution in [0.1, 0.15) is 27.7 Å². The van der Waals surface area contributed by atoms with Crippen LogP contribution >= 0.6 is 11.6 Å². The average molecular weight is 327 g/mol. The fraction of sp³-hybridized carbons (Fsp3) is 0.118. The quantitative estimate of drug-likeness (QED) is 0.800. The molecule has 0 spiro atoms. The minimum absolute atomic E-state index is 0.147. The normalized spacial score (nSPS) is 11.9. The van der Waals surface area contributed by atoms with Gasteiger partial charge in [-0.3, -0.25) is 14.9 Å². The lowest BCUT2D eigenvalue weighted by atomic mass is 9.98. The van der Waals surface area contributed by atoms with Crippen molar-refractivity contribution in [1.29, 1.82) is 0 Å². The number of nitrogens with zero attached hydrogens (tertiary/aromatic N) is 3. The van der Waals surface area contributed by atoms with E-state index in [-0.39, 0.29) is 11.9 Å². The Bertz CT molecular complexity index is 772. The molecule has 0 saturated heterocycles. The first-order chi connectivity index (χ1) is 11.2. The summed E-state index contributed by atoms with van der Waals surface area (Å²) in [5.41, 5.74) is 2.32. The Labute approximate surface area is 138 Å². The van der Waals surface area contributed by atoms with Crippen LogP contribution in [0.5, 0.6) is 0 Å². The molecule has 0 aliphatic heterocycles. The van der Waals surface area contributed by atoms with Crippen LogP contribution in [0.3, 0.4) is 0 Å². The van der Waals surface area contributed by atoms with Crippen LogP contribution < -0.4 is 0 Å². The van der Waals surface area contributed by atoms with Gasteiger partial charge in [0.25, 0.3) is 5.91 Å². The highest BCUT2D eigenvalue weighted by atomic mass is 35.5. The Balaban J connectivity index is 2.01. The molecule has 0 bridgehead atoms. The number of carbonyl (C=O) groups is 1. The van der Waals surface area contributed by atoms with E-state index in [1.54, 1.807) is 36.6 Å². The number of halogens is 1. The average Bonchev–Trinajstić information content (AvgIpc) is 3.11. The topological polar surface area (TPSA) is 61.9 Å². The summed E-state index contributed by atoms with van der Waals surface area (Å²) < 4.78 is 0. The monoisotopic (exact) mass is 326 g/mol. The van der Waals surface area contributed by atoms with E-state index in [1.807, 2.05) is 36.4 Å². The second-order valence-electron chi connectivity index (χ2n) is 5.13. The SMILES string of the molecule is CN(C(=O)c1ccn[nH]1)C(c1ccc(Cl)cc1)c1cccnc1. The number of H-pyrrole nitrogens is 1. The summed E-state index contributed by atoms with van der Waals surface area (Å²) in [6.07, 6.45) is 5.03. The highest BCUT2D eigenvalue weighted by molar-refractivity contribution is 6.30. The molecule has 5 nitrogen and oxygen atoms in total. The van der Waals surface area contributed by atoms with Gasteiger partial charge >= 0.3 is 0 Å². The second-order valence-corrected chi connectivity index (χ2v) is 5.56. The number of pyridine rings is 1. The Morgan fingerprint density at radius 1 is 1.13 bits per heavy atom. The molecular formula is C17H15ClN4O. The predicted octanol–water partition coefficient (Wildman–Crippen LogP) is 3.32. The van der Waals surface area contributed by atoms with E-state index in [0.717, 1.165) is 11.1 Å². The van der Waals surface area contributed by atoms with Crippen LogP contribution in [0.25, 0.3) is 0 Å². The number of rotatable bonds is 4. The van der Waals surface area contributed by atoms with Crippen molar-refractivity contribution in [3.05, 3.63) is 82.9 Å². The standard InChI is InChI=1S/C17H15ClN4O/c1-22(17(23)15-8-10-20-21-15)16(13-3-2-9-19-11-13)12-4-6-14(18)7-5-12/h2-11,16H,1H3,(H,20,21). The van der Waals surface area contributed by atoms with Gasteiger partial charge in [-0.2, -0.15) is 5.10 Å². The molecule has 23 heavy (non-hydrogen) atoms. The molecule has 1 unspecified atom stereocenters. The van der Waals surface area contributed by atoms with Crippen molar-refractivity contribution in [2.45, 2.75) is 6.04 Å². The van der Waals surface area contributed by atoms with E-state index in [9.17, 15) is 4.79 Å². The third kappa shape index (κ3) is 3.24. The molecule has 2 heterocycles. The summed E-state index contributed by atoms with van der Waals surface area (Å²) in [5.74, 6) is -0.147. The minimum atomic E-state index is -0.267. The Kier molecular flexibility index (Phi) is 4.39. The van der Waals surface area contributed by atoms with Crippen LogP contribution in [0, 0.1) is 0 Å². The maximum Gasteiger partial charge on any atom is 0.272 e. The molecule has 1 aromatic carbocycles. The van der Waals surface area contributed by atoms with Crippen molar-refractivity contribution in [2.75, 3.05) is 7.05 Å². The van der Waals surface area contributed by atoms with E-state index in [0.29, 0.717) is 10.7 Å². The van der Waals surface area contributed by atoms with Gasteiger partial charge in [-0.15, -0.1) is 0 Å². The molecule has 1 amide bonds. The fourth-order valence-corrected chi connectivity index (χ4v) is 2.63. The zero-order valence-corrected chi connectivity index (χ0v) is 13.2. The molecule has 1 atom stereocenters. The zero-order valence-electron chi connectivity index (χ0n) is 12.5. The molecule has 3 aromatic rings. The summed E-state index contributed by atoms with van der Waals surface area (Å²) in [4.78, 5) is 18.5. The van der Waals surface area contributed by atoms with Gasteiger partial charge in [0.15, 0.2) is 0 Å². The van der Waals surface area contributed by atoms with Crippen molar-refractivity contribution in [3.63, 3.8) is 0 Å². The Hall–Kier alpha value is -2.66. The fourth-order valence-electron chi connectivity index (χ4n) is 2.50. The van der Waals surface area contributed by atoms with Crippen LogP contribution in [-0.2, 0) is 0 Å². The lowest BCUT2D eigenvalue weighted by Gasteiger charge is -2.28. The predicted molar refractivity (Wildman–Crippen MR) is 88.2 cm³/mol. The molecule has 3 rings (SSSR count). The molecule has 0 aliphatic rings. The van der Waals surface area contributed by atoms with Crippen molar-refractivity contribution in [1.82, 2.24) is 20.1 Å². The maximum atomic E-state index is 12.7. The third-order valence-corrected chi connectivity index (χ3v) is 3.88. The first-order valence-corrected chi connectivity index (χ1v) is 7.46. The summed E-state index contributed by atoms with van der Waals surface area (Å²) in [5, 5.41) is 7.20. The molecule has 0 radical (unpaired) electrons. The zero-order chi connectivity index (χ0) is 16.2. The molecule has 1 N–H and O–H groups in total. The van der Waals surface area contributed by atoms with Crippen LogP contribution in [0.15, 0.2) is 61.1 Å². The van der Waals surface area contributed by atoms with Gasteiger partial charge in [0.1, 0.15) is 5.69 Å². The van der Waals surface area contributed by atoms with Gasteiger partial charge < -0.3 is 4.90 Å². The summed E-state index contributed by atoms with van der Waals surface area (Å²) in [6.45, 7) is 0. The van der Waals surface area contributed by atoms with Gasteiger partial charge in [-0.05, 0) is 35.4 Å². The van der Waals surface area contributed by atoms with Crippen molar-refractivity contribution < 1.29 is 4.79 Å².